The van der Waals surface area contributed by atoms with Gasteiger partial charge in [-0.25, -0.2) is 8.42 Å². The quantitative estimate of drug-likeness (QED) is 0.425. The van der Waals surface area contributed by atoms with Crippen LogP contribution in [0.4, 0.5) is 5.69 Å². The fourth-order valence-electron chi connectivity index (χ4n) is 3.83. The highest BCUT2D eigenvalue weighted by atomic mass is 35.5. The molecule has 0 saturated carbocycles. The number of halogens is 1. The Balaban J connectivity index is 1.84. The number of sulfonamides is 1. The number of piperidine rings is 1. The van der Waals surface area contributed by atoms with Gasteiger partial charge in [-0.1, -0.05) is 35.9 Å². The number of anilines is 1. The molecule has 0 atom stereocenters. The van der Waals surface area contributed by atoms with Gasteiger partial charge in [0.05, 0.1) is 35.5 Å². The van der Waals surface area contributed by atoms with Gasteiger partial charge in [-0.15, -0.1) is 0 Å². The van der Waals surface area contributed by atoms with Crippen LogP contribution >= 0.6 is 11.6 Å². The van der Waals surface area contributed by atoms with E-state index in [0.717, 1.165) is 35.8 Å². The minimum absolute atomic E-state index is 0.0420. The van der Waals surface area contributed by atoms with E-state index in [1.165, 1.54) is 6.07 Å². The largest absolute Gasteiger partial charge is 0.489 e. The highest BCUT2D eigenvalue weighted by molar-refractivity contribution is 7.93. The van der Waals surface area contributed by atoms with Gasteiger partial charge in [-0.05, 0) is 62.7 Å². The number of likely N-dealkylation sites (tertiary alicyclic amines) is 1. The molecular formula is C26H30ClN3O5S. The molecule has 1 aliphatic heterocycles. The van der Waals surface area contributed by atoms with Gasteiger partial charge in [0.1, 0.15) is 11.9 Å². The molecule has 1 fully saturated rings. The van der Waals surface area contributed by atoms with Crippen molar-refractivity contribution in [1.29, 1.82) is 5.26 Å². The summed E-state index contributed by atoms with van der Waals surface area (Å²) in [4.78, 5) is 14.2. The van der Waals surface area contributed by atoms with Crippen molar-refractivity contribution >= 4 is 39.4 Å². The highest BCUT2D eigenvalue weighted by Crippen LogP contribution is 2.32. The summed E-state index contributed by atoms with van der Waals surface area (Å²) >= 11 is 6.49. The fraction of sp³-hybridized carbons (Fsp3) is 0.385. The van der Waals surface area contributed by atoms with E-state index in [1.807, 2.05) is 0 Å². The summed E-state index contributed by atoms with van der Waals surface area (Å²) in [5, 5.41) is 9.38. The second-order valence-electron chi connectivity index (χ2n) is 8.47. The number of rotatable bonds is 10. The molecule has 2 aromatic carbocycles. The molecule has 0 aromatic heterocycles. The van der Waals surface area contributed by atoms with E-state index < -0.39 is 21.7 Å². The first kappa shape index (κ1) is 27.5. The average Bonchev–Trinajstić information content (AvgIpc) is 2.84. The molecule has 0 radical (unpaired) electrons. The molecule has 10 heteroatoms. The van der Waals surface area contributed by atoms with Crippen molar-refractivity contribution in [3.8, 4) is 11.8 Å². The predicted molar refractivity (Wildman–Crippen MR) is 141 cm³/mol. The van der Waals surface area contributed by atoms with E-state index >= 15 is 0 Å². The molecule has 1 heterocycles. The second kappa shape index (κ2) is 12.8. The molecule has 0 aliphatic carbocycles. The third kappa shape index (κ3) is 7.72. The van der Waals surface area contributed by atoms with Crippen LogP contribution in [0.5, 0.6) is 5.75 Å². The number of benzene rings is 2. The minimum Gasteiger partial charge on any atom is -0.489 e. The van der Waals surface area contributed by atoms with Gasteiger partial charge in [0.25, 0.3) is 0 Å². The zero-order chi connectivity index (χ0) is 26.1. The maximum Gasteiger partial charge on any atom is 0.323 e. The number of carbonyl (C=O) groups excluding carboxylic acids is 1. The van der Waals surface area contributed by atoms with Crippen LogP contribution in [0.3, 0.4) is 0 Å². The van der Waals surface area contributed by atoms with Crippen LogP contribution in [0.1, 0.15) is 30.9 Å². The standard InChI is InChI=1S/C26H30ClN3O5S/c1-3-34-26(31)19-36(32,33)30(13-5-8-20-6-4-7-21(16-20)18-28)22-9-10-25(24(27)17-22)35-23-11-14-29(2)15-12-23/h4-10,16-17,23H,3,11-15,19H2,1-2H3/b8-5+. The van der Waals surface area contributed by atoms with Gasteiger partial charge < -0.3 is 14.4 Å². The van der Waals surface area contributed by atoms with Gasteiger partial charge >= 0.3 is 5.97 Å². The van der Waals surface area contributed by atoms with Crippen LogP contribution < -0.4 is 9.04 Å². The van der Waals surface area contributed by atoms with Crippen molar-refractivity contribution in [2.45, 2.75) is 25.9 Å². The Morgan fingerprint density at radius 2 is 2.00 bits per heavy atom. The number of carbonyl (C=O) groups is 1. The summed E-state index contributed by atoms with van der Waals surface area (Å²) in [7, 11) is -2.01. The average molecular weight is 532 g/mol. The number of nitriles is 1. The van der Waals surface area contributed by atoms with Crippen LogP contribution in [0.25, 0.3) is 6.08 Å². The zero-order valence-corrected chi connectivity index (χ0v) is 22.0. The first-order chi connectivity index (χ1) is 17.2. The predicted octanol–water partition coefficient (Wildman–Crippen LogP) is 4.10. The van der Waals surface area contributed by atoms with Crippen molar-refractivity contribution in [2.75, 3.05) is 43.3 Å². The maximum absolute atomic E-state index is 13.2. The lowest BCUT2D eigenvalue weighted by Crippen LogP contribution is -2.36. The smallest absolute Gasteiger partial charge is 0.323 e. The summed E-state index contributed by atoms with van der Waals surface area (Å²) in [6.45, 7) is 3.51. The zero-order valence-electron chi connectivity index (χ0n) is 20.4. The number of nitrogens with zero attached hydrogens (tertiary/aromatic N) is 3. The van der Waals surface area contributed by atoms with Gasteiger partial charge in [0.2, 0.25) is 10.0 Å². The van der Waals surface area contributed by atoms with Crippen LogP contribution in [-0.2, 0) is 19.6 Å². The molecule has 0 N–H and O–H groups in total. The Kier molecular flexibility index (Phi) is 9.76. The van der Waals surface area contributed by atoms with Crippen LogP contribution in [0, 0.1) is 11.3 Å². The van der Waals surface area contributed by atoms with Crippen molar-refractivity contribution in [1.82, 2.24) is 4.90 Å². The molecule has 0 unspecified atom stereocenters. The number of hydrogen-bond acceptors (Lipinski definition) is 7. The highest BCUT2D eigenvalue weighted by Gasteiger charge is 2.27. The first-order valence-electron chi connectivity index (χ1n) is 11.7. The van der Waals surface area contributed by atoms with E-state index in [1.54, 1.807) is 55.5 Å². The molecule has 36 heavy (non-hydrogen) atoms. The molecule has 192 valence electrons. The van der Waals surface area contributed by atoms with Crippen molar-refractivity contribution < 1.29 is 22.7 Å². The Labute approximate surface area is 217 Å². The summed E-state index contributed by atoms with van der Waals surface area (Å²) in [6, 6.07) is 13.8. The summed E-state index contributed by atoms with van der Waals surface area (Å²) in [5.41, 5.74) is 1.54. The topological polar surface area (TPSA) is 99.9 Å². The van der Waals surface area contributed by atoms with E-state index in [-0.39, 0.29) is 24.3 Å². The van der Waals surface area contributed by atoms with Gasteiger partial charge in [-0.3, -0.25) is 9.10 Å². The Bertz CT molecular complexity index is 1230. The Morgan fingerprint density at radius 1 is 1.25 bits per heavy atom. The second-order valence-corrected chi connectivity index (χ2v) is 10.8. The lowest BCUT2D eigenvalue weighted by Gasteiger charge is -2.30. The number of esters is 1. The summed E-state index contributed by atoms with van der Waals surface area (Å²) in [6.07, 6.45) is 5.17. The van der Waals surface area contributed by atoms with Gasteiger partial charge in [-0.2, -0.15) is 5.26 Å². The monoisotopic (exact) mass is 531 g/mol. The van der Waals surface area contributed by atoms with Crippen molar-refractivity contribution in [2.24, 2.45) is 0 Å². The van der Waals surface area contributed by atoms with Crippen molar-refractivity contribution in [3.63, 3.8) is 0 Å². The third-order valence-corrected chi connectivity index (χ3v) is 7.63. The maximum atomic E-state index is 13.2. The van der Waals surface area contributed by atoms with E-state index in [4.69, 9.17) is 26.3 Å². The van der Waals surface area contributed by atoms with E-state index in [0.29, 0.717) is 17.0 Å². The Hall–Kier alpha value is -3.06. The van der Waals surface area contributed by atoms with Crippen molar-refractivity contribution in [3.05, 3.63) is 64.7 Å². The molecule has 3 rings (SSSR count). The first-order valence-corrected chi connectivity index (χ1v) is 13.7. The lowest BCUT2D eigenvalue weighted by atomic mass is 10.1. The lowest BCUT2D eigenvalue weighted by molar-refractivity contribution is -0.139. The number of hydrogen-bond donors (Lipinski definition) is 0. The van der Waals surface area contributed by atoms with E-state index in [9.17, 15) is 13.2 Å². The summed E-state index contributed by atoms with van der Waals surface area (Å²) in [5.74, 6) is -1.15. The number of ether oxygens (including phenoxy) is 2. The Morgan fingerprint density at radius 3 is 2.67 bits per heavy atom. The third-order valence-electron chi connectivity index (χ3n) is 5.70. The molecule has 0 bridgehead atoms. The van der Waals surface area contributed by atoms with Gasteiger partial charge in [0.15, 0.2) is 5.75 Å². The molecule has 0 amide bonds. The van der Waals surface area contributed by atoms with Crippen LogP contribution in [0.15, 0.2) is 48.5 Å². The molecule has 2 aromatic rings. The normalized spacial score (nSPS) is 14.9. The molecule has 0 spiro atoms. The fourth-order valence-corrected chi connectivity index (χ4v) is 5.33. The van der Waals surface area contributed by atoms with Crippen LogP contribution in [0.2, 0.25) is 5.02 Å². The summed E-state index contributed by atoms with van der Waals surface area (Å²) < 4.78 is 38.4. The van der Waals surface area contributed by atoms with Crippen LogP contribution in [-0.4, -0.2) is 64.4 Å². The molecule has 1 saturated heterocycles. The molecule has 1 aliphatic rings. The molecular weight excluding hydrogens is 502 g/mol. The minimum atomic E-state index is -4.08. The van der Waals surface area contributed by atoms with E-state index in [2.05, 4.69) is 18.0 Å². The van der Waals surface area contributed by atoms with Gasteiger partial charge in [0, 0.05) is 13.1 Å². The SMILES string of the molecule is CCOC(=O)CS(=O)(=O)N(C/C=C/c1cccc(C#N)c1)c1ccc(OC2CCN(C)CC2)c(Cl)c1. The molecule has 8 nitrogen and oxygen atoms in total.